The highest BCUT2D eigenvalue weighted by Gasteiger charge is 2.36. The number of rotatable bonds is 8. The summed E-state index contributed by atoms with van der Waals surface area (Å²) in [5.74, 6) is -1.48. The number of nitrogens with zero attached hydrogens (tertiary/aromatic N) is 2. The first kappa shape index (κ1) is 36.3. The minimum absolute atomic E-state index is 0.231. The molecule has 0 saturated carbocycles. The van der Waals surface area contributed by atoms with Gasteiger partial charge in [0, 0.05) is 5.92 Å². The molecule has 0 aliphatic heterocycles. The molecule has 43 heavy (non-hydrogen) atoms. The highest BCUT2D eigenvalue weighted by Crippen LogP contribution is 2.33. The van der Waals surface area contributed by atoms with E-state index in [-0.39, 0.29) is 18.3 Å². The molecule has 1 aromatic heterocycles. The Morgan fingerprint density at radius 1 is 0.953 bits per heavy atom. The average Bonchev–Trinajstić information content (AvgIpc) is 3.24. The topological polar surface area (TPSA) is 107 Å². The standard InChI is InChI=1S/C29H39BrF3N3O6S/c1-26(2,3)22(37)40-16-19(17-10-12-18(13-11-17)29(31,32)33)20(35-24(38)41-27(4,5)6)15-36(23-34-14-21(30)43-23)25(39)42-28(7,8)9/h10-14,19-20H,15-16H2,1-9H3,(H,35,38). The van der Waals surface area contributed by atoms with Gasteiger partial charge in [0.25, 0.3) is 0 Å². The number of hydrogen-bond acceptors (Lipinski definition) is 8. The number of amides is 2. The summed E-state index contributed by atoms with van der Waals surface area (Å²) in [6, 6.07) is 3.26. The second kappa shape index (κ2) is 13.8. The summed E-state index contributed by atoms with van der Waals surface area (Å²) in [6.45, 7) is 14.5. The number of aromatic nitrogens is 1. The summed E-state index contributed by atoms with van der Waals surface area (Å²) in [4.78, 5) is 44.7. The van der Waals surface area contributed by atoms with Gasteiger partial charge >= 0.3 is 24.3 Å². The van der Waals surface area contributed by atoms with Crippen LogP contribution in [0, 0.1) is 5.41 Å². The monoisotopic (exact) mass is 693 g/mol. The Labute approximate surface area is 262 Å². The molecule has 2 atom stereocenters. The van der Waals surface area contributed by atoms with Crippen LogP contribution in [0.5, 0.6) is 0 Å². The molecule has 240 valence electrons. The minimum atomic E-state index is -4.58. The molecule has 2 unspecified atom stereocenters. The van der Waals surface area contributed by atoms with Crippen LogP contribution in [-0.4, -0.2) is 53.5 Å². The Morgan fingerprint density at radius 2 is 1.51 bits per heavy atom. The fourth-order valence-electron chi connectivity index (χ4n) is 3.59. The molecular weight excluding hydrogens is 655 g/mol. The number of anilines is 1. The number of carbonyl (C=O) groups is 3. The maximum Gasteiger partial charge on any atom is 0.416 e. The maximum absolute atomic E-state index is 13.4. The number of ether oxygens (including phenoxy) is 3. The van der Waals surface area contributed by atoms with E-state index >= 15 is 0 Å². The first-order chi connectivity index (χ1) is 19.5. The van der Waals surface area contributed by atoms with Crippen LogP contribution in [0.2, 0.25) is 0 Å². The predicted octanol–water partition coefficient (Wildman–Crippen LogP) is 7.93. The van der Waals surface area contributed by atoms with Crippen molar-refractivity contribution < 1.29 is 41.8 Å². The molecular formula is C29H39BrF3N3O6S. The maximum atomic E-state index is 13.4. The highest BCUT2D eigenvalue weighted by molar-refractivity contribution is 9.11. The van der Waals surface area contributed by atoms with E-state index in [1.165, 1.54) is 23.2 Å². The smallest absolute Gasteiger partial charge is 0.416 e. The summed E-state index contributed by atoms with van der Waals surface area (Å²) in [5.41, 5.74) is -3.20. The van der Waals surface area contributed by atoms with Crippen molar-refractivity contribution in [2.45, 2.75) is 91.7 Å². The zero-order valence-corrected chi connectivity index (χ0v) is 28.1. The Hall–Kier alpha value is -2.87. The summed E-state index contributed by atoms with van der Waals surface area (Å²) in [5, 5.41) is 2.98. The second-order valence-electron chi connectivity index (χ2n) is 12.9. The van der Waals surface area contributed by atoms with Crippen LogP contribution in [0.3, 0.4) is 0 Å². The predicted molar refractivity (Wildman–Crippen MR) is 161 cm³/mol. The van der Waals surface area contributed by atoms with Crippen LogP contribution in [0.25, 0.3) is 0 Å². The van der Waals surface area contributed by atoms with Crippen LogP contribution in [0.1, 0.15) is 79.4 Å². The largest absolute Gasteiger partial charge is 0.465 e. The highest BCUT2D eigenvalue weighted by atomic mass is 79.9. The molecule has 0 radical (unpaired) electrons. The molecule has 0 spiro atoms. The lowest BCUT2D eigenvalue weighted by molar-refractivity contribution is -0.153. The zero-order valence-electron chi connectivity index (χ0n) is 25.7. The van der Waals surface area contributed by atoms with Crippen LogP contribution >= 0.6 is 27.3 Å². The quantitative estimate of drug-likeness (QED) is 0.221. The number of esters is 1. The number of alkyl carbamates (subject to hydrolysis) is 1. The molecule has 0 aliphatic rings. The molecule has 1 N–H and O–H groups in total. The summed E-state index contributed by atoms with van der Waals surface area (Å²) in [6.07, 6.45) is -4.71. The van der Waals surface area contributed by atoms with Crippen molar-refractivity contribution in [1.82, 2.24) is 10.3 Å². The Balaban J connectivity index is 2.65. The van der Waals surface area contributed by atoms with Gasteiger partial charge in [0.15, 0.2) is 5.13 Å². The number of thiazole rings is 1. The number of halogens is 4. The van der Waals surface area contributed by atoms with Gasteiger partial charge in [0.1, 0.15) is 17.8 Å². The molecule has 2 aromatic rings. The van der Waals surface area contributed by atoms with Crippen molar-refractivity contribution >= 4 is 50.6 Å². The van der Waals surface area contributed by atoms with Gasteiger partial charge in [-0.15, -0.1) is 0 Å². The number of benzene rings is 1. The fraction of sp³-hybridized carbons (Fsp3) is 0.586. The van der Waals surface area contributed by atoms with Crippen LogP contribution in [0.4, 0.5) is 27.9 Å². The van der Waals surface area contributed by atoms with Crippen molar-refractivity contribution in [3.63, 3.8) is 0 Å². The second-order valence-corrected chi connectivity index (χ2v) is 15.3. The molecule has 0 fully saturated rings. The van der Waals surface area contributed by atoms with Gasteiger partial charge in [-0.2, -0.15) is 13.2 Å². The molecule has 0 bridgehead atoms. The third-order valence-electron chi connectivity index (χ3n) is 5.55. The number of alkyl halides is 3. The van der Waals surface area contributed by atoms with Crippen LogP contribution in [-0.2, 0) is 25.2 Å². The molecule has 9 nitrogen and oxygen atoms in total. The summed E-state index contributed by atoms with van der Waals surface area (Å²) in [7, 11) is 0. The lowest BCUT2D eigenvalue weighted by Crippen LogP contribution is -2.52. The minimum Gasteiger partial charge on any atom is -0.465 e. The van der Waals surface area contributed by atoms with E-state index in [9.17, 15) is 27.6 Å². The van der Waals surface area contributed by atoms with E-state index in [1.54, 1.807) is 62.3 Å². The van der Waals surface area contributed by atoms with E-state index in [1.807, 2.05) is 0 Å². The molecule has 2 rings (SSSR count). The molecule has 2 amide bonds. The number of nitrogens with one attached hydrogen (secondary N) is 1. The van der Waals surface area contributed by atoms with E-state index in [0.717, 1.165) is 23.5 Å². The Bertz CT molecular complexity index is 1260. The van der Waals surface area contributed by atoms with Crippen molar-refractivity contribution in [3.8, 4) is 0 Å². The Morgan fingerprint density at radius 3 is 1.95 bits per heavy atom. The van der Waals surface area contributed by atoms with Crippen LogP contribution in [0.15, 0.2) is 34.2 Å². The van der Waals surface area contributed by atoms with Crippen molar-refractivity contribution in [3.05, 3.63) is 45.4 Å². The summed E-state index contributed by atoms with van der Waals surface area (Å²) >= 11 is 4.47. The molecule has 1 aromatic carbocycles. The van der Waals surface area contributed by atoms with E-state index < -0.39 is 58.5 Å². The summed E-state index contributed by atoms with van der Waals surface area (Å²) < 4.78 is 57.4. The molecule has 14 heteroatoms. The van der Waals surface area contributed by atoms with Gasteiger partial charge in [-0.05, 0) is 95.9 Å². The third-order valence-corrected chi connectivity index (χ3v) is 7.05. The van der Waals surface area contributed by atoms with Crippen LogP contribution < -0.4 is 10.2 Å². The first-order valence-corrected chi connectivity index (χ1v) is 15.0. The normalized spacial score (nSPS) is 14.0. The van der Waals surface area contributed by atoms with Gasteiger partial charge in [-0.3, -0.25) is 9.69 Å². The van der Waals surface area contributed by atoms with Gasteiger partial charge in [-0.25, -0.2) is 14.6 Å². The van der Waals surface area contributed by atoms with Gasteiger partial charge in [0.2, 0.25) is 0 Å². The van der Waals surface area contributed by atoms with Gasteiger partial charge in [0.05, 0.1) is 33.5 Å². The van der Waals surface area contributed by atoms with Crippen molar-refractivity contribution in [2.24, 2.45) is 5.41 Å². The lowest BCUT2D eigenvalue weighted by atomic mass is 9.90. The zero-order chi connectivity index (χ0) is 33.0. The van der Waals surface area contributed by atoms with Crippen molar-refractivity contribution in [2.75, 3.05) is 18.1 Å². The molecule has 1 heterocycles. The number of hydrogen-bond donors (Lipinski definition) is 1. The third kappa shape index (κ3) is 12.0. The van der Waals surface area contributed by atoms with E-state index in [2.05, 4.69) is 26.2 Å². The van der Waals surface area contributed by atoms with E-state index in [4.69, 9.17) is 14.2 Å². The molecule has 0 aliphatic carbocycles. The lowest BCUT2D eigenvalue weighted by Gasteiger charge is -2.34. The number of carbonyl (C=O) groups excluding carboxylic acids is 3. The van der Waals surface area contributed by atoms with Gasteiger partial charge < -0.3 is 19.5 Å². The van der Waals surface area contributed by atoms with Gasteiger partial charge in [-0.1, -0.05) is 23.5 Å². The molecule has 0 saturated heterocycles. The Kier molecular flexibility index (Phi) is 11.7. The average molecular weight is 695 g/mol. The SMILES string of the molecule is CC(C)(C)OC(=O)NC(CN(C(=O)OC(C)(C)C)c1ncc(Br)s1)C(COC(=O)C(C)(C)C)c1ccc(C(F)(F)F)cc1. The van der Waals surface area contributed by atoms with E-state index in [0.29, 0.717) is 9.35 Å². The van der Waals surface area contributed by atoms with Crippen molar-refractivity contribution in [1.29, 1.82) is 0 Å². The fourth-order valence-corrected chi connectivity index (χ4v) is 4.77. The first-order valence-electron chi connectivity index (χ1n) is 13.4.